The van der Waals surface area contributed by atoms with Crippen LogP contribution >= 0.6 is 23.4 Å². The predicted molar refractivity (Wildman–Crippen MR) is 103 cm³/mol. The molecule has 0 saturated carbocycles. The number of halogens is 1. The normalized spacial score (nSPS) is 19.1. The van der Waals surface area contributed by atoms with Crippen LogP contribution in [0, 0.1) is 0 Å². The number of aromatic nitrogens is 3. The van der Waals surface area contributed by atoms with Gasteiger partial charge in [0.2, 0.25) is 5.16 Å². The fraction of sp³-hybridized carbons (Fsp3) is 0.111. The van der Waals surface area contributed by atoms with Crippen molar-refractivity contribution in [1.29, 1.82) is 0 Å². The fourth-order valence-corrected chi connectivity index (χ4v) is 4.16. The number of carbonyl (C=O) groups excluding carboxylic acids is 1. The van der Waals surface area contributed by atoms with Crippen molar-refractivity contribution in [3.63, 3.8) is 0 Å². The highest BCUT2D eigenvalue weighted by molar-refractivity contribution is 7.98. The molecule has 1 spiro atoms. The van der Waals surface area contributed by atoms with E-state index in [-0.39, 0.29) is 11.5 Å². The van der Waals surface area contributed by atoms with Crippen molar-refractivity contribution >= 4 is 40.6 Å². The van der Waals surface area contributed by atoms with E-state index in [9.17, 15) is 9.59 Å². The van der Waals surface area contributed by atoms with E-state index in [1.807, 2.05) is 30.5 Å². The molecule has 0 saturated heterocycles. The molecular weight excluding hydrogens is 386 g/mol. The van der Waals surface area contributed by atoms with Gasteiger partial charge in [0.1, 0.15) is 0 Å². The molecule has 5 rings (SSSR count). The molecular formula is C18H13ClN5O2S+. The molecule has 0 aliphatic carbocycles. The summed E-state index contributed by atoms with van der Waals surface area (Å²) in [5.41, 5.74) is 1.19. The molecule has 1 aromatic heterocycles. The van der Waals surface area contributed by atoms with Crippen molar-refractivity contribution in [2.45, 2.75) is 10.8 Å². The average molecular weight is 399 g/mol. The number of nitrogens with zero attached hydrogens (tertiary/aromatic N) is 2. The Morgan fingerprint density at radius 1 is 1.15 bits per heavy atom. The Morgan fingerprint density at radius 3 is 2.78 bits per heavy atom. The number of rotatable bonds is 1. The van der Waals surface area contributed by atoms with Crippen LogP contribution in [0.25, 0.3) is 11.3 Å². The van der Waals surface area contributed by atoms with Gasteiger partial charge in [-0.25, -0.2) is 0 Å². The van der Waals surface area contributed by atoms with Gasteiger partial charge in [0.05, 0.1) is 22.5 Å². The number of anilines is 2. The number of hydrogen-bond acceptors (Lipinski definition) is 5. The van der Waals surface area contributed by atoms with Crippen LogP contribution in [0.15, 0.2) is 52.4 Å². The topological polar surface area (TPSA) is 90.8 Å². The Bertz CT molecular complexity index is 1190. The maximum absolute atomic E-state index is 13.2. The van der Waals surface area contributed by atoms with Gasteiger partial charge in [-0.05, 0) is 41.3 Å². The third-order valence-electron chi connectivity index (χ3n) is 4.80. The predicted octanol–water partition coefficient (Wildman–Crippen LogP) is 2.18. The monoisotopic (exact) mass is 398 g/mol. The standard InChI is InChI=1S/C18H12ClN5O2S/c1-27-17-21-15(25)14-10-4-2-3-5-12(10)22-18(24(14)23-17)11-8-9(19)6-7-13(11)20-16(18)26/h2-8H,1H3,(H2,20,21,23,25,26)/p+1/t18-/m1/s1. The van der Waals surface area contributed by atoms with E-state index in [1.165, 1.54) is 16.4 Å². The molecule has 3 aromatic rings. The number of hydrogen-bond donors (Lipinski definition) is 3. The lowest BCUT2D eigenvalue weighted by atomic mass is 9.95. The molecule has 0 bridgehead atoms. The van der Waals surface area contributed by atoms with E-state index in [1.54, 1.807) is 18.2 Å². The molecule has 1 amide bonds. The Hall–Kier alpha value is -2.84. The van der Waals surface area contributed by atoms with Crippen LogP contribution in [0.5, 0.6) is 0 Å². The summed E-state index contributed by atoms with van der Waals surface area (Å²) in [6, 6.07) is 12.5. The highest BCUT2D eigenvalue weighted by Crippen LogP contribution is 2.42. The summed E-state index contributed by atoms with van der Waals surface area (Å²) < 4.78 is 1.47. The van der Waals surface area contributed by atoms with Crippen molar-refractivity contribution in [2.75, 3.05) is 16.9 Å². The zero-order valence-corrected chi connectivity index (χ0v) is 15.6. The van der Waals surface area contributed by atoms with E-state index in [0.717, 1.165) is 0 Å². The van der Waals surface area contributed by atoms with Crippen molar-refractivity contribution in [3.8, 4) is 11.3 Å². The average Bonchev–Trinajstić information content (AvgIpc) is 2.93. The molecule has 0 fully saturated rings. The largest absolute Gasteiger partial charge is 0.374 e. The molecule has 2 aliphatic rings. The van der Waals surface area contributed by atoms with Gasteiger partial charge in [0, 0.05) is 10.1 Å². The van der Waals surface area contributed by atoms with Crippen LogP contribution in [0.2, 0.25) is 5.02 Å². The lowest BCUT2D eigenvalue weighted by Crippen LogP contribution is -2.71. The lowest BCUT2D eigenvalue weighted by Gasteiger charge is -2.28. The highest BCUT2D eigenvalue weighted by Gasteiger charge is 2.62. The minimum atomic E-state index is -1.40. The molecule has 3 N–H and O–H groups in total. The van der Waals surface area contributed by atoms with Crippen molar-refractivity contribution in [1.82, 2.24) is 10.1 Å². The zero-order chi connectivity index (χ0) is 18.8. The first kappa shape index (κ1) is 16.3. The number of nitrogens with one attached hydrogen (secondary N) is 3. The van der Waals surface area contributed by atoms with Crippen LogP contribution in [-0.4, -0.2) is 22.2 Å². The Morgan fingerprint density at radius 2 is 1.96 bits per heavy atom. The van der Waals surface area contributed by atoms with Crippen molar-refractivity contribution in [3.05, 3.63) is 63.4 Å². The third-order valence-corrected chi connectivity index (χ3v) is 5.60. The van der Waals surface area contributed by atoms with Crippen LogP contribution in [0.1, 0.15) is 5.56 Å². The summed E-state index contributed by atoms with van der Waals surface area (Å²) in [5.74, 6) is -0.328. The molecule has 0 radical (unpaired) electrons. The molecule has 1 atom stereocenters. The molecule has 2 aliphatic heterocycles. The first-order chi connectivity index (χ1) is 13.0. The van der Waals surface area contributed by atoms with Crippen molar-refractivity contribution < 1.29 is 9.48 Å². The molecule has 7 nitrogen and oxygen atoms in total. The van der Waals surface area contributed by atoms with Gasteiger partial charge in [-0.15, -0.1) is 0 Å². The van der Waals surface area contributed by atoms with E-state index in [4.69, 9.17) is 11.6 Å². The molecule has 0 unspecified atom stereocenters. The van der Waals surface area contributed by atoms with Gasteiger partial charge in [0.15, 0.2) is 0 Å². The van der Waals surface area contributed by atoms with E-state index >= 15 is 0 Å². The van der Waals surface area contributed by atoms with Gasteiger partial charge in [-0.1, -0.05) is 35.5 Å². The summed E-state index contributed by atoms with van der Waals surface area (Å²) in [6.45, 7) is 0. The summed E-state index contributed by atoms with van der Waals surface area (Å²) >= 11 is 7.51. The van der Waals surface area contributed by atoms with Gasteiger partial charge in [-0.2, -0.15) is 0 Å². The number of H-pyrrole nitrogens is 1. The van der Waals surface area contributed by atoms with Crippen LogP contribution in [0.4, 0.5) is 11.4 Å². The second-order valence-electron chi connectivity index (χ2n) is 6.25. The Kier molecular flexibility index (Phi) is 3.38. The summed E-state index contributed by atoms with van der Waals surface area (Å²) in [4.78, 5) is 28.9. The number of thioether (sulfide) groups is 1. The van der Waals surface area contributed by atoms with Gasteiger partial charge >= 0.3 is 22.8 Å². The summed E-state index contributed by atoms with van der Waals surface area (Å²) in [6.07, 6.45) is 1.81. The molecule has 3 heterocycles. The smallest absolute Gasteiger partial charge is 0.317 e. The molecule has 27 heavy (non-hydrogen) atoms. The third kappa shape index (κ3) is 2.11. The van der Waals surface area contributed by atoms with Crippen LogP contribution in [-0.2, 0) is 10.5 Å². The number of carbonyl (C=O) groups is 1. The molecule has 134 valence electrons. The van der Waals surface area contributed by atoms with Crippen molar-refractivity contribution in [2.24, 2.45) is 0 Å². The number of benzene rings is 2. The number of aromatic amines is 1. The van der Waals surface area contributed by atoms with E-state index in [2.05, 4.69) is 20.7 Å². The molecule has 2 aromatic carbocycles. The van der Waals surface area contributed by atoms with E-state index in [0.29, 0.717) is 38.4 Å². The van der Waals surface area contributed by atoms with Gasteiger partial charge < -0.3 is 10.6 Å². The summed E-state index contributed by atoms with van der Waals surface area (Å²) in [7, 11) is 0. The maximum atomic E-state index is 13.2. The van der Waals surface area contributed by atoms with Crippen LogP contribution < -0.4 is 20.9 Å². The van der Waals surface area contributed by atoms with Gasteiger partial charge in [-0.3, -0.25) is 14.6 Å². The maximum Gasteiger partial charge on any atom is 0.374 e. The summed E-state index contributed by atoms with van der Waals surface area (Å²) in [5, 5.41) is 11.6. The minimum Gasteiger partial charge on any atom is -0.317 e. The first-order valence-electron chi connectivity index (χ1n) is 8.15. The zero-order valence-electron chi connectivity index (χ0n) is 14.0. The SMILES string of the molecule is CSc1n[n+]2c(c(=O)[nH]1)-c1ccccc1N[C@@]21C(=O)Nc2ccc(Cl)cc21. The first-order valence-corrected chi connectivity index (χ1v) is 9.75. The second-order valence-corrected chi connectivity index (χ2v) is 7.48. The second kappa shape index (κ2) is 5.58. The number of para-hydroxylation sites is 1. The lowest BCUT2D eigenvalue weighted by molar-refractivity contribution is -0.781. The Balaban J connectivity index is 1.93. The van der Waals surface area contributed by atoms with Gasteiger partial charge in [0.25, 0.3) is 0 Å². The van der Waals surface area contributed by atoms with E-state index < -0.39 is 5.66 Å². The number of fused-ring (bicyclic) bond motifs is 6. The number of amides is 1. The van der Waals surface area contributed by atoms with Crippen LogP contribution in [0.3, 0.4) is 0 Å². The quantitative estimate of drug-likeness (QED) is 0.431. The Labute approximate surface area is 162 Å². The highest BCUT2D eigenvalue weighted by atomic mass is 35.5. The minimum absolute atomic E-state index is 0.310. The fourth-order valence-electron chi connectivity index (χ4n) is 3.63. The molecule has 9 heteroatoms.